The molecule has 0 saturated carbocycles. The molecule has 25 heavy (non-hydrogen) atoms. The molecule has 6 nitrogen and oxygen atoms in total. The van der Waals surface area contributed by atoms with Crippen molar-refractivity contribution in [1.82, 2.24) is 4.90 Å². The van der Waals surface area contributed by atoms with Crippen LogP contribution >= 0.6 is 0 Å². The summed E-state index contributed by atoms with van der Waals surface area (Å²) < 4.78 is 46.4. The number of anilines is 1. The summed E-state index contributed by atoms with van der Waals surface area (Å²) in [4.78, 5) is 6.48. The summed E-state index contributed by atoms with van der Waals surface area (Å²) in [6.07, 6.45) is -2.94. The first-order chi connectivity index (χ1) is 11.9. The van der Waals surface area contributed by atoms with Gasteiger partial charge in [-0.05, 0) is 31.5 Å². The molecule has 0 radical (unpaired) electrons. The lowest BCUT2D eigenvalue weighted by molar-refractivity contribution is -0.274. The van der Waals surface area contributed by atoms with E-state index in [0.29, 0.717) is 6.54 Å². The Kier molecular flexibility index (Phi) is 7.32. The number of unbranched alkanes of at least 4 members (excludes halogenated alkanes) is 1. The zero-order valence-electron chi connectivity index (χ0n) is 13.9. The minimum Gasteiger partial charge on any atom is -0.404 e. The topological polar surface area (TPSA) is 72.1 Å². The Morgan fingerprint density at radius 3 is 2.68 bits per heavy atom. The van der Waals surface area contributed by atoms with Gasteiger partial charge in [0.25, 0.3) is 0 Å². The number of morpholine rings is 1. The van der Waals surface area contributed by atoms with Crippen LogP contribution in [0.1, 0.15) is 12.8 Å². The van der Waals surface area contributed by atoms with E-state index in [1.165, 1.54) is 18.2 Å². The van der Waals surface area contributed by atoms with Crippen LogP contribution in [0, 0.1) is 0 Å². The van der Waals surface area contributed by atoms with Crippen LogP contribution in [-0.4, -0.2) is 56.6 Å². The number of rotatable bonds is 7. The molecule has 0 unspecified atom stereocenters. The summed E-state index contributed by atoms with van der Waals surface area (Å²) in [5, 5.41) is 2.65. The van der Waals surface area contributed by atoms with Crippen molar-refractivity contribution in [3.05, 3.63) is 24.3 Å². The van der Waals surface area contributed by atoms with Gasteiger partial charge < -0.3 is 20.5 Å². The fourth-order valence-electron chi connectivity index (χ4n) is 2.43. The van der Waals surface area contributed by atoms with E-state index in [1.54, 1.807) is 6.07 Å². The van der Waals surface area contributed by atoms with Gasteiger partial charge in [0.05, 0.1) is 18.9 Å². The molecule has 0 aliphatic carbocycles. The molecule has 1 heterocycles. The second-order valence-electron chi connectivity index (χ2n) is 5.60. The van der Waals surface area contributed by atoms with Crippen LogP contribution in [-0.2, 0) is 4.74 Å². The number of alkyl halides is 3. The molecule has 1 aliphatic rings. The van der Waals surface area contributed by atoms with Gasteiger partial charge in [-0.15, -0.1) is 13.2 Å². The highest BCUT2D eigenvalue weighted by molar-refractivity contribution is 5.93. The van der Waals surface area contributed by atoms with Crippen LogP contribution in [0.2, 0.25) is 0 Å². The van der Waals surface area contributed by atoms with E-state index in [2.05, 4.69) is 19.9 Å². The molecule has 1 saturated heterocycles. The molecule has 1 fully saturated rings. The Hall–Kier alpha value is -2.00. The molecule has 1 aromatic rings. The lowest BCUT2D eigenvalue weighted by Gasteiger charge is -2.26. The third-order valence-corrected chi connectivity index (χ3v) is 3.64. The SMILES string of the molecule is NC(=NCCCCN1CCOCC1)Nc1ccccc1OC(F)(F)F. The van der Waals surface area contributed by atoms with Gasteiger partial charge in [0.2, 0.25) is 0 Å². The number of guanidine groups is 1. The minimum atomic E-state index is -4.76. The molecular weight excluding hydrogens is 337 g/mol. The molecule has 0 aromatic heterocycles. The molecule has 3 N–H and O–H groups in total. The standard InChI is InChI=1S/C16H23F3N4O2/c17-16(18,19)25-14-6-2-1-5-13(14)22-15(20)21-7-3-4-8-23-9-11-24-12-10-23/h1-2,5-6H,3-4,7-12H2,(H3,20,21,22). The largest absolute Gasteiger partial charge is 0.573 e. The van der Waals surface area contributed by atoms with Crippen molar-refractivity contribution >= 4 is 11.6 Å². The quantitative estimate of drug-likeness (QED) is 0.444. The van der Waals surface area contributed by atoms with Crippen molar-refractivity contribution in [3.63, 3.8) is 0 Å². The van der Waals surface area contributed by atoms with Crippen LogP contribution in [0.25, 0.3) is 0 Å². The van der Waals surface area contributed by atoms with E-state index in [-0.39, 0.29) is 17.4 Å². The molecule has 0 atom stereocenters. The van der Waals surface area contributed by atoms with E-state index in [4.69, 9.17) is 10.5 Å². The molecular formula is C16H23F3N4O2. The highest BCUT2D eigenvalue weighted by Gasteiger charge is 2.32. The fourth-order valence-corrected chi connectivity index (χ4v) is 2.43. The van der Waals surface area contributed by atoms with Crippen molar-refractivity contribution in [1.29, 1.82) is 0 Å². The van der Waals surface area contributed by atoms with Gasteiger partial charge in [-0.1, -0.05) is 12.1 Å². The highest BCUT2D eigenvalue weighted by atomic mass is 19.4. The maximum absolute atomic E-state index is 12.4. The Balaban J connectivity index is 1.75. The summed E-state index contributed by atoms with van der Waals surface area (Å²) >= 11 is 0. The van der Waals surface area contributed by atoms with E-state index in [9.17, 15) is 13.2 Å². The summed E-state index contributed by atoms with van der Waals surface area (Å²) in [6.45, 7) is 4.93. The van der Waals surface area contributed by atoms with Gasteiger partial charge >= 0.3 is 6.36 Å². The normalized spacial score (nSPS) is 16.7. The number of para-hydroxylation sites is 2. The first-order valence-electron chi connectivity index (χ1n) is 8.16. The number of hydrogen-bond acceptors (Lipinski definition) is 4. The smallest absolute Gasteiger partial charge is 0.404 e. The number of hydrogen-bond donors (Lipinski definition) is 2. The Bertz CT molecular complexity index is 561. The molecule has 0 spiro atoms. The summed E-state index contributed by atoms with van der Waals surface area (Å²) in [7, 11) is 0. The Morgan fingerprint density at radius 2 is 1.96 bits per heavy atom. The number of halogens is 3. The van der Waals surface area contributed by atoms with Gasteiger partial charge in [-0.2, -0.15) is 0 Å². The number of benzene rings is 1. The summed E-state index contributed by atoms with van der Waals surface area (Å²) in [5.74, 6) is -0.287. The summed E-state index contributed by atoms with van der Waals surface area (Å²) in [5.41, 5.74) is 5.86. The van der Waals surface area contributed by atoms with Crippen molar-refractivity contribution in [2.75, 3.05) is 44.7 Å². The van der Waals surface area contributed by atoms with Crippen molar-refractivity contribution in [2.24, 2.45) is 10.7 Å². The number of ether oxygens (including phenoxy) is 2. The maximum Gasteiger partial charge on any atom is 0.573 e. The zero-order valence-corrected chi connectivity index (χ0v) is 13.9. The first-order valence-corrected chi connectivity index (χ1v) is 8.16. The number of nitrogens with zero attached hydrogens (tertiary/aromatic N) is 2. The first kappa shape index (κ1) is 19.3. The molecule has 1 aliphatic heterocycles. The molecule has 140 valence electrons. The Morgan fingerprint density at radius 1 is 1.24 bits per heavy atom. The third kappa shape index (κ3) is 7.61. The van der Waals surface area contributed by atoms with Gasteiger partial charge in [-0.3, -0.25) is 9.89 Å². The predicted molar refractivity (Wildman–Crippen MR) is 89.7 cm³/mol. The lowest BCUT2D eigenvalue weighted by atomic mass is 10.3. The van der Waals surface area contributed by atoms with Crippen LogP contribution in [0.5, 0.6) is 5.75 Å². The molecule has 0 amide bonds. The Labute approximate surface area is 144 Å². The second-order valence-corrected chi connectivity index (χ2v) is 5.60. The maximum atomic E-state index is 12.4. The number of nitrogens with one attached hydrogen (secondary N) is 1. The second kappa shape index (κ2) is 9.47. The number of nitrogens with two attached hydrogens (primary N) is 1. The minimum absolute atomic E-state index is 0.0598. The fraction of sp³-hybridized carbons (Fsp3) is 0.562. The highest BCUT2D eigenvalue weighted by Crippen LogP contribution is 2.29. The molecule has 9 heteroatoms. The lowest BCUT2D eigenvalue weighted by Crippen LogP contribution is -2.36. The van der Waals surface area contributed by atoms with Gasteiger partial charge in [0, 0.05) is 19.6 Å². The van der Waals surface area contributed by atoms with Crippen LogP contribution < -0.4 is 15.8 Å². The predicted octanol–water partition coefficient (Wildman–Crippen LogP) is 2.42. The van der Waals surface area contributed by atoms with Gasteiger partial charge in [0.15, 0.2) is 11.7 Å². The van der Waals surface area contributed by atoms with Crippen LogP contribution in [0.15, 0.2) is 29.3 Å². The summed E-state index contributed by atoms with van der Waals surface area (Å²) in [6, 6.07) is 5.69. The van der Waals surface area contributed by atoms with E-state index in [1.807, 2.05) is 0 Å². The van der Waals surface area contributed by atoms with Crippen molar-refractivity contribution < 1.29 is 22.6 Å². The van der Waals surface area contributed by atoms with E-state index in [0.717, 1.165) is 45.7 Å². The average molecular weight is 360 g/mol. The van der Waals surface area contributed by atoms with Crippen molar-refractivity contribution in [3.8, 4) is 5.75 Å². The zero-order chi connectivity index (χ0) is 18.1. The molecule has 0 bridgehead atoms. The van der Waals surface area contributed by atoms with Crippen molar-refractivity contribution in [2.45, 2.75) is 19.2 Å². The number of aliphatic imine (C=N–C) groups is 1. The molecule has 1 aromatic carbocycles. The van der Waals surface area contributed by atoms with E-state index >= 15 is 0 Å². The third-order valence-electron chi connectivity index (χ3n) is 3.64. The monoisotopic (exact) mass is 360 g/mol. The van der Waals surface area contributed by atoms with Crippen LogP contribution in [0.4, 0.5) is 18.9 Å². The van der Waals surface area contributed by atoms with Crippen LogP contribution in [0.3, 0.4) is 0 Å². The van der Waals surface area contributed by atoms with Gasteiger partial charge in [-0.25, -0.2) is 0 Å². The van der Waals surface area contributed by atoms with E-state index < -0.39 is 6.36 Å². The molecule has 2 rings (SSSR count). The average Bonchev–Trinajstić information content (AvgIpc) is 2.56. The van der Waals surface area contributed by atoms with Gasteiger partial charge in [0.1, 0.15) is 0 Å².